The molecule has 0 bridgehead atoms. The molecule has 1 amide bonds. The van der Waals surface area contributed by atoms with Gasteiger partial charge in [0.15, 0.2) is 0 Å². The Morgan fingerprint density at radius 1 is 1.17 bits per heavy atom. The second-order valence-electron chi connectivity index (χ2n) is 5.27. The average molecular weight is 326 g/mol. The van der Waals surface area contributed by atoms with Gasteiger partial charge in [-0.2, -0.15) is 0 Å². The van der Waals surface area contributed by atoms with Crippen LogP contribution in [0.4, 0.5) is 0 Å². The Morgan fingerprint density at radius 2 is 2.13 bits per heavy atom. The van der Waals surface area contributed by atoms with Crippen molar-refractivity contribution in [2.24, 2.45) is 0 Å². The summed E-state index contributed by atoms with van der Waals surface area (Å²) >= 11 is 1.69. The topological polar surface area (TPSA) is 46.3 Å². The second kappa shape index (κ2) is 7.74. The van der Waals surface area contributed by atoms with Crippen LogP contribution in [0.5, 0.6) is 0 Å². The van der Waals surface area contributed by atoms with E-state index in [9.17, 15) is 4.79 Å². The first-order valence-corrected chi connectivity index (χ1v) is 8.40. The average Bonchev–Trinajstić information content (AvgIpc) is 3.26. The van der Waals surface area contributed by atoms with E-state index in [-0.39, 0.29) is 5.91 Å². The molecule has 0 saturated carbocycles. The standard InChI is InChI=1S/C18H18N2O2S/c21-18(8-7-17-6-3-11-23-17)20(14-16-5-2-10-22-16)13-15-4-1-9-19-12-15/h1-6,9-12H,7-8,13-14H2. The minimum Gasteiger partial charge on any atom is -0.467 e. The molecule has 0 atom stereocenters. The van der Waals surface area contributed by atoms with Gasteiger partial charge in [0.25, 0.3) is 0 Å². The first-order valence-electron chi connectivity index (χ1n) is 7.53. The van der Waals surface area contributed by atoms with Crippen LogP contribution >= 0.6 is 11.3 Å². The molecular formula is C18H18N2O2S. The number of thiophene rings is 1. The fraction of sp³-hybridized carbons (Fsp3) is 0.222. The molecule has 4 nitrogen and oxygen atoms in total. The number of nitrogens with zero attached hydrogens (tertiary/aromatic N) is 2. The largest absolute Gasteiger partial charge is 0.467 e. The van der Waals surface area contributed by atoms with Crippen molar-refractivity contribution < 1.29 is 9.21 Å². The zero-order valence-electron chi connectivity index (χ0n) is 12.7. The number of hydrogen-bond acceptors (Lipinski definition) is 4. The summed E-state index contributed by atoms with van der Waals surface area (Å²) in [5, 5.41) is 2.04. The second-order valence-corrected chi connectivity index (χ2v) is 6.30. The SMILES string of the molecule is O=C(CCc1cccs1)N(Cc1cccnc1)Cc1ccco1. The predicted molar refractivity (Wildman–Crippen MR) is 89.8 cm³/mol. The Morgan fingerprint density at radius 3 is 2.83 bits per heavy atom. The van der Waals surface area contributed by atoms with Gasteiger partial charge < -0.3 is 9.32 Å². The van der Waals surface area contributed by atoms with Crippen molar-refractivity contribution in [3.8, 4) is 0 Å². The molecule has 0 aliphatic heterocycles. The maximum atomic E-state index is 12.6. The number of hydrogen-bond donors (Lipinski definition) is 0. The quantitative estimate of drug-likeness (QED) is 0.661. The third-order valence-corrected chi connectivity index (χ3v) is 4.48. The number of pyridine rings is 1. The molecule has 3 aromatic rings. The summed E-state index contributed by atoms with van der Waals surface area (Å²) in [6.45, 7) is 1.02. The lowest BCUT2D eigenvalue weighted by Crippen LogP contribution is -2.30. The Hall–Kier alpha value is -2.40. The lowest BCUT2D eigenvalue weighted by Gasteiger charge is -2.21. The van der Waals surface area contributed by atoms with Gasteiger partial charge in [-0.05, 0) is 41.6 Å². The van der Waals surface area contributed by atoms with Crippen LogP contribution in [0.2, 0.25) is 0 Å². The molecule has 0 fully saturated rings. The van der Waals surface area contributed by atoms with Crippen LogP contribution in [-0.2, 0) is 24.3 Å². The Labute approximate surface area is 139 Å². The van der Waals surface area contributed by atoms with E-state index in [1.165, 1.54) is 4.88 Å². The molecule has 0 unspecified atom stereocenters. The molecule has 23 heavy (non-hydrogen) atoms. The molecule has 0 N–H and O–H groups in total. The highest BCUT2D eigenvalue weighted by atomic mass is 32.1. The third kappa shape index (κ3) is 4.53. The lowest BCUT2D eigenvalue weighted by atomic mass is 10.2. The molecule has 5 heteroatoms. The zero-order chi connectivity index (χ0) is 15.9. The summed E-state index contributed by atoms with van der Waals surface area (Å²) in [5.41, 5.74) is 1.02. The highest BCUT2D eigenvalue weighted by Crippen LogP contribution is 2.15. The molecule has 3 aromatic heterocycles. The van der Waals surface area contributed by atoms with E-state index in [4.69, 9.17) is 4.42 Å². The maximum Gasteiger partial charge on any atom is 0.223 e. The van der Waals surface area contributed by atoms with Crippen LogP contribution in [0.15, 0.2) is 64.9 Å². The summed E-state index contributed by atoms with van der Waals surface area (Å²) in [4.78, 5) is 19.8. The lowest BCUT2D eigenvalue weighted by molar-refractivity contribution is -0.132. The van der Waals surface area contributed by atoms with Gasteiger partial charge in [0.2, 0.25) is 5.91 Å². The number of carbonyl (C=O) groups excluding carboxylic acids is 1. The van der Waals surface area contributed by atoms with E-state index in [2.05, 4.69) is 11.1 Å². The van der Waals surface area contributed by atoms with Crippen molar-refractivity contribution in [2.45, 2.75) is 25.9 Å². The van der Waals surface area contributed by atoms with Crippen molar-refractivity contribution in [3.63, 3.8) is 0 Å². The number of furan rings is 1. The van der Waals surface area contributed by atoms with Gasteiger partial charge in [0.1, 0.15) is 5.76 Å². The van der Waals surface area contributed by atoms with Crippen molar-refractivity contribution in [3.05, 3.63) is 76.6 Å². The van der Waals surface area contributed by atoms with Crippen LogP contribution in [0.3, 0.4) is 0 Å². The first-order chi connectivity index (χ1) is 11.3. The van der Waals surface area contributed by atoms with Crippen molar-refractivity contribution in [2.75, 3.05) is 0 Å². The highest BCUT2D eigenvalue weighted by Gasteiger charge is 2.16. The molecule has 0 saturated heterocycles. The number of aryl methyl sites for hydroxylation is 1. The van der Waals surface area contributed by atoms with Crippen molar-refractivity contribution in [1.82, 2.24) is 9.88 Å². The van der Waals surface area contributed by atoms with Crippen molar-refractivity contribution >= 4 is 17.2 Å². The zero-order valence-corrected chi connectivity index (χ0v) is 13.5. The van der Waals surface area contributed by atoms with Crippen LogP contribution in [0.25, 0.3) is 0 Å². The van der Waals surface area contributed by atoms with Gasteiger partial charge in [0, 0.05) is 30.2 Å². The molecule has 0 aliphatic carbocycles. The van der Waals surface area contributed by atoms with Gasteiger partial charge in [-0.3, -0.25) is 9.78 Å². The van der Waals surface area contributed by atoms with Crippen molar-refractivity contribution in [1.29, 1.82) is 0 Å². The van der Waals surface area contributed by atoms with E-state index < -0.39 is 0 Å². The van der Waals surface area contributed by atoms with E-state index >= 15 is 0 Å². The van der Waals surface area contributed by atoms with Gasteiger partial charge >= 0.3 is 0 Å². The monoisotopic (exact) mass is 326 g/mol. The van der Waals surface area contributed by atoms with E-state index in [1.807, 2.05) is 40.6 Å². The molecular weight excluding hydrogens is 308 g/mol. The first kappa shape index (κ1) is 15.5. The molecule has 0 radical (unpaired) electrons. The van der Waals surface area contributed by atoms with Crippen LogP contribution in [0, 0.1) is 0 Å². The fourth-order valence-corrected chi connectivity index (χ4v) is 3.09. The molecule has 3 heterocycles. The number of amides is 1. The summed E-state index contributed by atoms with van der Waals surface area (Å²) in [5.74, 6) is 0.914. The Bertz CT molecular complexity index is 709. The van der Waals surface area contributed by atoms with E-state index in [0.29, 0.717) is 19.5 Å². The van der Waals surface area contributed by atoms with Gasteiger partial charge in [-0.25, -0.2) is 0 Å². The minimum atomic E-state index is 0.124. The summed E-state index contributed by atoms with van der Waals surface area (Å²) in [6.07, 6.45) is 6.44. The van der Waals surface area contributed by atoms with E-state index in [0.717, 1.165) is 17.7 Å². The van der Waals surface area contributed by atoms with Crippen LogP contribution in [-0.4, -0.2) is 15.8 Å². The van der Waals surface area contributed by atoms with Crippen LogP contribution < -0.4 is 0 Å². The Balaban J connectivity index is 1.67. The number of carbonyl (C=O) groups is 1. The molecule has 0 aromatic carbocycles. The predicted octanol–water partition coefficient (Wildman–Crippen LogP) is 3.90. The number of rotatable bonds is 7. The summed E-state index contributed by atoms with van der Waals surface area (Å²) < 4.78 is 5.39. The van der Waals surface area contributed by atoms with Crippen LogP contribution in [0.1, 0.15) is 22.6 Å². The smallest absolute Gasteiger partial charge is 0.223 e. The molecule has 118 valence electrons. The Kier molecular flexibility index (Phi) is 5.21. The normalized spacial score (nSPS) is 10.6. The highest BCUT2D eigenvalue weighted by molar-refractivity contribution is 7.09. The molecule has 0 aliphatic rings. The van der Waals surface area contributed by atoms with Gasteiger partial charge in [-0.1, -0.05) is 12.1 Å². The maximum absolute atomic E-state index is 12.6. The number of aromatic nitrogens is 1. The molecule has 3 rings (SSSR count). The molecule has 0 spiro atoms. The van der Waals surface area contributed by atoms with E-state index in [1.54, 1.807) is 30.0 Å². The fourth-order valence-electron chi connectivity index (χ4n) is 2.38. The minimum absolute atomic E-state index is 0.124. The summed E-state index contributed by atoms with van der Waals surface area (Å²) in [7, 11) is 0. The van der Waals surface area contributed by atoms with Gasteiger partial charge in [0.05, 0.1) is 12.8 Å². The van der Waals surface area contributed by atoms with Gasteiger partial charge in [-0.15, -0.1) is 11.3 Å². The summed E-state index contributed by atoms with van der Waals surface area (Å²) in [6, 6.07) is 11.7. The third-order valence-electron chi connectivity index (χ3n) is 3.54.